The Morgan fingerprint density at radius 3 is 2.50 bits per heavy atom. The smallest absolute Gasteiger partial charge is 0.310 e. The van der Waals surface area contributed by atoms with E-state index in [2.05, 4.69) is 15.9 Å². The van der Waals surface area contributed by atoms with Crippen molar-refractivity contribution in [3.63, 3.8) is 0 Å². The molecule has 0 bridgehead atoms. The summed E-state index contributed by atoms with van der Waals surface area (Å²) in [6, 6.07) is 2.77. The molecule has 0 radical (unpaired) electrons. The summed E-state index contributed by atoms with van der Waals surface area (Å²) in [6.07, 6.45) is 0. The van der Waals surface area contributed by atoms with Crippen LogP contribution in [0.1, 0.15) is 18.4 Å². The maximum atomic E-state index is 10.7. The highest BCUT2D eigenvalue weighted by molar-refractivity contribution is 9.10. The number of rotatable bonds is 2. The maximum Gasteiger partial charge on any atom is 0.310 e. The molecular weight excluding hydrogens is 252 g/mol. The van der Waals surface area contributed by atoms with Gasteiger partial charge in [0.1, 0.15) is 0 Å². The third-order valence-electron chi connectivity index (χ3n) is 1.92. The number of hydrogen-bond acceptors (Lipinski definition) is 3. The number of carbonyl (C=O) groups is 1. The number of hydrogen-bond donors (Lipinski definition) is 3. The van der Waals surface area contributed by atoms with Crippen molar-refractivity contribution in [2.75, 3.05) is 0 Å². The largest absolute Gasteiger partial charge is 0.504 e. The number of benzene rings is 1. The summed E-state index contributed by atoms with van der Waals surface area (Å²) in [7, 11) is 0. The molecule has 0 aliphatic carbocycles. The van der Waals surface area contributed by atoms with Crippen LogP contribution in [0.25, 0.3) is 0 Å². The molecule has 1 rings (SSSR count). The van der Waals surface area contributed by atoms with Gasteiger partial charge in [-0.25, -0.2) is 0 Å². The first kappa shape index (κ1) is 10.8. The summed E-state index contributed by atoms with van der Waals surface area (Å²) in [5.74, 6) is -2.64. The van der Waals surface area contributed by atoms with Crippen molar-refractivity contribution < 1.29 is 20.1 Å². The summed E-state index contributed by atoms with van der Waals surface area (Å²) in [5, 5.41) is 27.4. The average molecular weight is 261 g/mol. The van der Waals surface area contributed by atoms with Crippen molar-refractivity contribution in [1.82, 2.24) is 0 Å². The minimum atomic E-state index is -1.06. The molecule has 1 atom stereocenters. The molecule has 0 heterocycles. The van der Waals surface area contributed by atoms with E-state index in [1.54, 1.807) is 0 Å². The van der Waals surface area contributed by atoms with Gasteiger partial charge >= 0.3 is 5.97 Å². The predicted molar refractivity (Wildman–Crippen MR) is 53.5 cm³/mol. The highest BCUT2D eigenvalue weighted by atomic mass is 79.9. The van der Waals surface area contributed by atoms with Gasteiger partial charge in [0, 0.05) is 10.0 Å². The first-order valence-corrected chi connectivity index (χ1v) is 4.67. The molecule has 0 aromatic heterocycles. The molecule has 5 heteroatoms. The Balaban J connectivity index is 3.26. The van der Waals surface area contributed by atoms with Crippen LogP contribution >= 0.6 is 15.9 Å². The van der Waals surface area contributed by atoms with E-state index in [-0.39, 0.29) is 17.1 Å². The van der Waals surface area contributed by atoms with Crippen molar-refractivity contribution >= 4 is 21.9 Å². The summed E-state index contributed by atoms with van der Waals surface area (Å²) in [5.41, 5.74) is 0.185. The van der Waals surface area contributed by atoms with E-state index in [0.29, 0.717) is 4.47 Å². The molecule has 1 unspecified atom stereocenters. The van der Waals surface area contributed by atoms with E-state index in [4.69, 9.17) is 5.11 Å². The van der Waals surface area contributed by atoms with E-state index in [0.717, 1.165) is 0 Å². The highest BCUT2D eigenvalue weighted by Gasteiger charge is 2.20. The molecule has 0 amide bonds. The molecule has 1 aromatic carbocycles. The van der Waals surface area contributed by atoms with Crippen LogP contribution in [0.3, 0.4) is 0 Å². The van der Waals surface area contributed by atoms with Crippen molar-refractivity contribution in [3.8, 4) is 11.5 Å². The van der Waals surface area contributed by atoms with Crippen LogP contribution in [0.15, 0.2) is 16.6 Å². The van der Waals surface area contributed by atoms with Crippen molar-refractivity contribution in [1.29, 1.82) is 0 Å². The lowest BCUT2D eigenvalue weighted by atomic mass is 10.00. The van der Waals surface area contributed by atoms with Gasteiger partial charge in [0.25, 0.3) is 0 Å². The quantitative estimate of drug-likeness (QED) is 0.712. The van der Waals surface area contributed by atoms with Gasteiger partial charge in [-0.15, -0.1) is 0 Å². The molecule has 0 saturated carbocycles. The van der Waals surface area contributed by atoms with E-state index in [1.807, 2.05) is 0 Å². The molecule has 0 aliphatic heterocycles. The Morgan fingerprint density at radius 2 is 2.00 bits per heavy atom. The highest BCUT2D eigenvalue weighted by Crippen LogP contribution is 2.36. The number of phenolic OH excluding ortho intramolecular Hbond substituents is 2. The molecule has 0 aliphatic rings. The molecule has 0 spiro atoms. The number of aromatic hydroxyl groups is 2. The first-order valence-electron chi connectivity index (χ1n) is 3.87. The minimum absolute atomic E-state index is 0.185. The SMILES string of the molecule is CC(C(=O)O)c1cc(Br)cc(O)c1O. The van der Waals surface area contributed by atoms with E-state index >= 15 is 0 Å². The van der Waals surface area contributed by atoms with Crippen LogP contribution in [-0.4, -0.2) is 21.3 Å². The van der Waals surface area contributed by atoms with Gasteiger partial charge in [0.15, 0.2) is 11.5 Å². The fourth-order valence-corrected chi connectivity index (χ4v) is 1.53. The number of phenols is 2. The fourth-order valence-electron chi connectivity index (χ4n) is 1.07. The fraction of sp³-hybridized carbons (Fsp3) is 0.222. The zero-order valence-corrected chi connectivity index (χ0v) is 8.95. The molecule has 1 aromatic rings. The molecule has 0 saturated heterocycles. The molecule has 76 valence electrons. The topological polar surface area (TPSA) is 77.8 Å². The Kier molecular flexibility index (Phi) is 3.00. The summed E-state index contributed by atoms with van der Waals surface area (Å²) in [6.45, 7) is 1.43. The van der Waals surface area contributed by atoms with Gasteiger partial charge in [-0.3, -0.25) is 4.79 Å². The van der Waals surface area contributed by atoms with Gasteiger partial charge in [-0.2, -0.15) is 0 Å². The van der Waals surface area contributed by atoms with Crippen molar-refractivity contribution in [3.05, 3.63) is 22.2 Å². The van der Waals surface area contributed by atoms with Crippen LogP contribution in [0.4, 0.5) is 0 Å². The molecule has 3 N–H and O–H groups in total. The van der Waals surface area contributed by atoms with Gasteiger partial charge in [-0.05, 0) is 19.1 Å². The standard InChI is InChI=1S/C9H9BrO4/c1-4(9(13)14)6-2-5(10)3-7(11)8(6)12/h2-4,11-12H,1H3,(H,13,14). The number of carboxylic acids is 1. The molecule has 14 heavy (non-hydrogen) atoms. The lowest BCUT2D eigenvalue weighted by Gasteiger charge is -2.10. The van der Waals surface area contributed by atoms with Crippen LogP contribution in [0.2, 0.25) is 0 Å². The third-order valence-corrected chi connectivity index (χ3v) is 2.38. The van der Waals surface area contributed by atoms with E-state index in [1.165, 1.54) is 19.1 Å². The zero-order chi connectivity index (χ0) is 10.9. The van der Waals surface area contributed by atoms with Crippen molar-refractivity contribution in [2.45, 2.75) is 12.8 Å². The average Bonchev–Trinajstić information content (AvgIpc) is 2.09. The summed E-state index contributed by atoms with van der Waals surface area (Å²) in [4.78, 5) is 10.7. The van der Waals surface area contributed by atoms with E-state index in [9.17, 15) is 15.0 Å². The van der Waals surface area contributed by atoms with Gasteiger partial charge in [0.2, 0.25) is 0 Å². The lowest BCUT2D eigenvalue weighted by molar-refractivity contribution is -0.138. The van der Waals surface area contributed by atoms with Crippen LogP contribution < -0.4 is 0 Å². The van der Waals surface area contributed by atoms with Gasteiger partial charge in [-0.1, -0.05) is 15.9 Å². The third kappa shape index (κ3) is 1.98. The minimum Gasteiger partial charge on any atom is -0.504 e. The van der Waals surface area contributed by atoms with Crippen molar-refractivity contribution in [2.24, 2.45) is 0 Å². The Morgan fingerprint density at radius 1 is 1.43 bits per heavy atom. The van der Waals surface area contributed by atoms with Crippen LogP contribution in [0.5, 0.6) is 11.5 Å². The number of aliphatic carboxylic acids is 1. The zero-order valence-electron chi connectivity index (χ0n) is 7.36. The van der Waals surface area contributed by atoms with Crippen LogP contribution in [0, 0.1) is 0 Å². The number of carboxylic acid groups (broad SMARTS) is 1. The molecule has 0 fully saturated rings. The monoisotopic (exact) mass is 260 g/mol. The second kappa shape index (κ2) is 3.88. The first-order chi connectivity index (χ1) is 6.43. The number of halogens is 1. The second-order valence-corrected chi connectivity index (χ2v) is 3.84. The lowest BCUT2D eigenvalue weighted by Crippen LogP contribution is -2.07. The molecular formula is C9H9BrO4. The summed E-state index contributed by atoms with van der Waals surface area (Å²) >= 11 is 3.10. The molecule has 4 nitrogen and oxygen atoms in total. The van der Waals surface area contributed by atoms with E-state index < -0.39 is 11.9 Å². The van der Waals surface area contributed by atoms with Gasteiger partial charge < -0.3 is 15.3 Å². The maximum absolute atomic E-state index is 10.7. The van der Waals surface area contributed by atoms with Gasteiger partial charge in [0.05, 0.1) is 5.92 Å². The second-order valence-electron chi connectivity index (χ2n) is 2.92. The Bertz CT molecular complexity index is 375. The van der Waals surface area contributed by atoms with Crippen LogP contribution in [-0.2, 0) is 4.79 Å². The summed E-state index contributed by atoms with van der Waals surface area (Å²) < 4.78 is 0.524. The Hall–Kier alpha value is -1.23. The Labute approximate surface area is 88.9 Å². The predicted octanol–water partition coefficient (Wildman–Crippen LogP) is 2.05. The normalized spacial score (nSPS) is 12.4.